The van der Waals surface area contributed by atoms with E-state index in [-0.39, 0.29) is 43.0 Å². The van der Waals surface area contributed by atoms with Gasteiger partial charge in [0.1, 0.15) is 17.3 Å². The first-order valence-electron chi connectivity index (χ1n) is 9.05. The van der Waals surface area contributed by atoms with Crippen molar-refractivity contribution < 1.29 is 22.9 Å². The average Bonchev–Trinajstić information content (AvgIpc) is 3.34. The Morgan fingerprint density at radius 2 is 1.76 bits per heavy atom. The van der Waals surface area contributed by atoms with Crippen LogP contribution in [0.4, 0.5) is 14.5 Å². The SMILES string of the molecule is O=C(NCc1cc(-c2ccc(F)cc2)on1)C1CC(=O)N(c2ccc(F)cc2)C1. The van der Waals surface area contributed by atoms with Gasteiger partial charge in [0.2, 0.25) is 11.8 Å². The third-order valence-corrected chi connectivity index (χ3v) is 4.77. The van der Waals surface area contributed by atoms with Crippen molar-refractivity contribution in [3.05, 3.63) is 71.9 Å². The van der Waals surface area contributed by atoms with E-state index >= 15 is 0 Å². The van der Waals surface area contributed by atoms with E-state index in [4.69, 9.17) is 4.52 Å². The lowest BCUT2D eigenvalue weighted by Gasteiger charge is -2.16. The normalized spacial score (nSPS) is 16.3. The molecule has 4 rings (SSSR count). The van der Waals surface area contributed by atoms with E-state index in [0.29, 0.717) is 22.7 Å². The summed E-state index contributed by atoms with van der Waals surface area (Å²) >= 11 is 0. The van der Waals surface area contributed by atoms with E-state index in [1.54, 1.807) is 18.2 Å². The zero-order valence-electron chi connectivity index (χ0n) is 15.3. The number of aromatic nitrogens is 1. The van der Waals surface area contributed by atoms with Crippen LogP contribution in [0.2, 0.25) is 0 Å². The van der Waals surface area contributed by atoms with Crippen LogP contribution in [0, 0.1) is 17.6 Å². The molecule has 1 aliphatic heterocycles. The molecule has 1 aromatic heterocycles. The van der Waals surface area contributed by atoms with Gasteiger partial charge in [0.05, 0.1) is 12.5 Å². The average molecular weight is 397 g/mol. The molecule has 0 bridgehead atoms. The number of carbonyl (C=O) groups is 2. The molecule has 148 valence electrons. The van der Waals surface area contributed by atoms with Gasteiger partial charge < -0.3 is 14.7 Å². The Morgan fingerprint density at radius 3 is 2.45 bits per heavy atom. The number of rotatable bonds is 5. The maximum absolute atomic E-state index is 13.1. The summed E-state index contributed by atoms with van der Waals surface area (Å²) in [5.41, 5.74) is 1.75. The van der Waals surface area contributed by atoms with Crippen LogP contribution in [-0.2, 0) is 16.1 Å². The largest absolute Gasteiger partial charge is 0.356 e. The summed E-state index contributed by atoms with van der Waals surface area (Å²) in [7, 11) is 0. The Bertz CT molecular complexity index is 1030. The number of hydrogen-bond donors (Lipinski definition) is 1. The number of amides is 2. The highest BCUT2D eigenvalue weighted by molar-refractivity contribution is 6.00. The third-order valence-electron chi connectivity index (χ3n) is 4.77. The summed E-state index contributed by atoms with van der Waals surface area (Å²) in [6, 6.07) is 13.0. The molecule has 1 N–H and O–H groups in total. The second-order valence-corrected chi connectivity index (χ2v) is 6.79. The van der Waals surface area contributed by atoms with E-state index in [2.05, 4.69) is 10.5 Å². The van der Waals surface area contributed by atoms with E-state index in [0.717, 1.165) is 0 Å². The van der Waals surface area contributed by atoms with Gasteiger partial charge in [-0.2, -0.15) is 0 Å². The van der Waals surface area contributed by atoms with Crippen LogP contribution in [0.15, 0.2) is 59.1 Å². The zero-order valence-corrected chi connectivity index (χ0v) is 15.3. The van der Waals surface area contributed by atoms with Crippen LogP contribution in [0.3, 0.4) is 0 Å². The predicted molar refractivity (Wildman–Crippen MR) is 101 cm³/mol. The van der Waals surface area contributed by atoms with Crippen LogP contribution in [-0.4, -0.2) is 23.5 Å². The molecule has 0 aliphatic carbocycles. The summed E-state index contributed by atoms with van der Waals surface area (Å²) in [4.78, 5) is 26.2. The Balaban J connectivity index is 1.35. The standard InChI is InChI=1S/C21H17F2N3O3/c22-15-3-1-13(2-4-15)19-10-17(25-29-19)11-24-21(28)14-9-20(27)26(12-14)18-7-5-16(23)6-8-18/h1-8,10,14H,9,11-12H2,(H,24,28). The first-order valence-corrected chi connectivity index (χ1v) is 9.05. The number of anilines is 1. The fourth-order valence-corrected chi connectivity index (χ4v) is 3.22. The summed E-state index contributed by atoms with van der Waals surface area (Å²) in [6.07, 6.45) is 0.0862. The van der Waals surface area contributed by atoms with Gasteiger partial charge in [0.15, 0.2) is 5.76 Å². The molecule has 2 aromatic carbocycles. The maximum atomic E-state index is 13.1. The van der Waals surface area contributed by atoms with Gasteiger partial charge in [0.25, 0.3) is 0 Å². The molecule has 3 aromatic rings. The van der Waals surface area contributed by atoms with Gasteiger partial charge in [0, 0.05) is 30.3 Å². The molecule has 0 radical (unpaired) electrons. The van der Waals surface area contributed by atoms with Crippen molar-refractivity contribution in [3.8, 4) is 11.3 Å². The fourth-order valence-electron chi connectivity index (χ4n) is 3.22. The van der Waals surface area contributed by atoms with Crippen LogP contribution >= 0.6 is 0 Å². The van der Waals surface area contributed by atoms with Crippen molar-refractivity contribution in [2.45, 2.75) is 13.0 Å². The minimum absolute atomic E-state index is 0.0862. The van der Waals surface area contributed by atoms with E-state index < -0.39 is 5.92 Å². The third kappa shape index (κ3) is 4.16. The first kappa shape index (κ1) is 18.8. The molecule has 1 aliphatic rings. The summed E-state index contributed by atoms with van der Waals surface area (Å²) in [5, 5.41) is 6.66. The Labute approximate surface area is 165 Å². The summed E-state index contributed by atoms with van der Waals surface area (Å²) in [5.74, 6) is -1.22. The molecule has 0 saturated carbocycles. The molecule has 8 heteroatoms. The van der Waals surface area contributed by atoms with Crippen molar-refractivity contribution in [1.82, 2.24) is 10.5 Å². The maximum Gasteiger partial charge on any atom is 0.227 e. The minimum Gasteiger partial charge on any atom is -0.356 e. The van der Waals surface area contributed by atoms with Crippen molar-refractivity contribution in [2.75, 3.05) is 11.4 Å². The lowest BCUT2D eigenvalue weighted by Crippen LogP contribution is -2.32. The van der Waals surface area contributed by atoms with E-state index in [9.17, 15) is 18.4 Å². The monoisotopic (exact) mass is 397 g/mol. The van der Waals surface area contributed by atoms with Crippen molar-refractivity contribution in [2.24, 2.45) is 5.92 Å². The highest BCUT2D eigenvalue weighted by atomic mass is 19.1. The molecule has 0 spiro atoms. The van der Waals surface area contributed by atoms with E-state index in [1.807, 2.05) is 0 Å². The predicted octanol–water partition coefficient (Wildman–Crippen LogP) is 3.29. The first-order chi connectivity index (χ1) is 14.0. The number of nitrogens with zero attached hydrogens (tertiary/aromatic N) is 2. The van der Waals surface area contributed by atoms with Crippen LogP contribution in [0.5, 0.6) is 0 Å². The molecule has 29 heavy (non-hydrogen) atoms. The van der Waals surface area contributed by atoms with Gasteiger partial charge >= 0.3 is 0 Å². The lowest BCUT2D eigenvalue weighted by molar-refractivity contribution is -0.126. The Hall–Kier alpha value is -3.55. The highest BCUT2D eigenvalue weighted by Crippen LogP contribution is 2.26. The van der Waals surface area contributed by atoms with Crippen molar-refractivity contribution in [1.29, 1.82) is 0 Å². The number of hydrogen-bond acceptors (Lipinski definition) is 4. The van der Waals surface area contributed by atoms with Crippen LogP contribution in [0.1, 0.15) is 12.1 Å². The molecule has 1 fully saturated rings. The van der Waals surface area contributed by atoms with Gasteiger partial charge in [-0.3, -0.25) is 9.59 Å². The number of halogens is 2. The molecular formula is C21H17F2N3O3. The number of nitrogens with one attached hydrogen (secondary N) is 1. The topological polar surface area (TPSA) is 75.4 Å². The number of benzene rings is 2. The van der Waals surface area contributed by atoms with E-state index in [1.165, 1.54) is 41.3 Å². The van der Waals surface area contributed by atoms with Crippen LogP contribution < -0.4 is 10.2 Å². The minimum atomic E-state index is -0.504. The van der Waals surface area contributed by atoms with Crippen LogP contribution in [0.25, 0.3) is 11.3 Å². The zero-order chi connectivity index (χ0) is 20.4. The van der Waals surface area contributed by atoms with Gasteiger partial charge in [-0.25, -0.2) is 8.78 Å². The molecule has 1 atom stereocenters. The fraction of sp³-hybridized carbons (Fsp3) is 0.190. The summed E-state index contributed by atoms with van der Waals surface area (Å²) in [6.45, 7) is 0.376. The molecule has 2 heterocycles. The molecule has 2 amide bonds. The van der Waals surface area contributed by atoms with Gasteiger partial charge in [-0.15, -0.1) is 0 Å². The van der Waals surface area contributed by atoms with Gasteiger partial charge in [-0.1, -0.05) is 5.16 Å². The lowest BCUT2D eigenvalue weighted by atomic mass is 10.1. The molecule has 1 saturated heterocycles. The molecular weight excluding hydrogens is 380 g/mol. The Kier molecular flexibility index (Phi) is 5.07. The molecule has 6 nitrogen and oxygen atoms in total. The second-order valence-electron chi connectivity index (χ2n) is 6.79. The number of carbonyl (C=O) groups excluding carboxylic acids is 2. The summed E-state index contributed by atoms with van der Waals surface area (Å²) < 4.78 is 31.3. The molecule has 1 unspecified atom stereocenters. The van der Waals surface area contributed by atoms with Crippen molar-refractivity contribution in [3.63, 3.8) is 0 Å². The van der Waals surface area contributed by atoms with Crippen molar-refractivity contribution >= 4 is 17.5 Å². The van der Waals surface area contributed by atoms with Gasteiger partial charge in [-0.05, 0) is 48.5 Å². The smallest absolute Gasteiger partial charge is 0.227 e. The Morgan fingerprint density at radius 1 is 1.10 bits per heavy atom. The second kappa shape index (κ2) is 7.83. The highest BCUT2D eigenvalue weighted by Gasteiger charge is 2.35. The quantitative estimate of drug-likeness (QED) is 0.717.